The van der Waals surface area contributed by atoms with Gasteiger partial charge in [-0.25, -0.2) is 9.50 Å². The third-order valence-electron chi connectivity index (χ3n) is 5.22. The van der Waals surface area contributed by atoms with Crippen molar-refractivity contribution in [1.29, 1.82) is 5.26 Å². The zero-order valence-corrected chi connectivity index (χ0v) is 16.0. The van der Waals surface area contributed by atoms with Gasteiger partial charge in [0.05, 0.1) is 42.3 Å². The van der Waals surface area contributed by atoms with Gasteiger partial charge in [-0.2, -0.15) is 15.5 Å². The lowest BCUT2D eigenvalue weighted by Crippen LogP contribution is -2.36. The molecule has 5 rings (SSSR count). The van der Waals surface area contributed by atoms with Crippen molar-refractivity contribution < 1.29 is 9.42 Å². The third-order valence-corrected chi connectivity index (χ3v) is 5.22. The fourth-order valence-corrected chi connectivity index (χ4v) is 3.72. The number of H-pyrrole nitrogens is 1. The number of aryl methyl sites for hydroxylation is 1. The van der Waals surface area contributed by atoms with Crippen molar-refractivity contribution >= 4 is 11.3 Å². The van der Waals surface area contributed by atoms with Crippen molar-refractivity contribution in [2.45, 2.75) is 0 Å². The molecule has 29 heavy (non-hydrogen) atoms. The number of anilines is 1. The van der Waals surface area contributed by atoms with E-state index in [4.69, 9.17) is 4.74 Å². The van der Waals surface area contributed by atoms with Crippen LogP contribution in [0, 0.1) is 11.3 Å². The maximum atomic E-state index is 9.55. The lowest BCUT2D eigenvalue weighted by molar-refractivity contribution is -0.726. The number of ether oxygens (including phenoxy) is 1. The van der Waals surface area contributed by atoms with Gasteiger partial charge in [0.15, 0.2) is 7.05 Å². The van der Waals surface area contributed by atoms with Gasteiger partial charge in [0.25, 0.3) is 0 Å². The van der Waals surface area contributed by atoms with Gasteiger partial charge in [0, 0.05) is 42.2 Å². The second kappa shape index (κ2) is 7.04. The number of nitrogens with one attached hydrogen (secondary N) is 1. The average molecular weight is 386 g/mol. The van der Waals surface area contributed by atoms with E-state index in [1.54, 1.807) is 10.7 Å². The zero-order valence-electron chi connectivity index (χ0n) is 16.0. The Labute approximate surface area is 167 Å². The highest BCUT2D eigenvalue weighted by Gasteiger charge is 2.17. The third kappa shape index (κ3) is 3.11. The Morgan fingerprint density at radius 2 is 2.03 bits per heavy atom. The van der Waals surface area contributed by atoms with Gasteiger partial charge in [-0.1, -0.05) is 0 Å². The summed E-state index contributed by atoms with van der Waals surface area (Å²) in [5, 5.41) is 17.1. The molecule has 1 aliphatic heterocycles. The minimum atomic E-state index is 0.545. The molecule has 0 unspecified atom stereocenters. The van der Waals surface area contributed by atoms with E-state index >= 15 is 0 Å². The van der Waals surface area contributed by atoms with Crippen LogP contribution in [0.25, 0.3) is 27.8 Å². The Bertz CT molecular complexity index is 1210. The maximum absolute atomic E-state index is 9.55. The van der Waals surface area contributed by atoms with Crippen molar-refractivity contribution in [2.75, 3.05) is 31.2 Å². The number of nitriles is 1. The van der Waals surface area contributed by atoms with E-state index in [-0.39, 0.29) is 0 Å². The lowest BCUT2D eigenvalue weighted by atomic mass is 10.0. The van der Waals surface area contributed by atoms with Crippen LogP contribution < -0.4 is 9.58 Å². The molecule has 1 saturated heterocycles. The van der Waals surface area contributed by atoms with Crippen molar-refractivity contribution in [2.24, 2.45) is 7.05 Å². The van der Waals surface area contributed by atoms with Crippen LogP contribution in [-0.4, -0.2) is 46.0 Å². The quantitative estimate of drug-likeness (QED) is 0.544. The summed E-state index contributed by atoms with van der Waals surface area (Å²) in [7, 11) is 1.94. The first-order valence-corrected chi connectivity index (χ1v) is 9.48. The monoisotopic (exact) mass is 386 g/mol. The number of fused-ring (bicyclic) bond motifs is 1. The summed E-state index contributed by atoms with van der Waals surface area (Å²) < 4.78 is 9.08. The van der Waals surface area contributed by atoms with Crippen LogP contribution in [0.4, 0.5) is 5.82 Å². The summed E-state index contributed by atoms with van der Waals surface area (Å²) in [6.07, 6.45) is 9.38. The topological polar surface area (TPSA) is 86.1 Å². The Morgan fingerprint density at radius 1 is 1.17 bits per heavy atom. The largest absolute Gasteiger partial charge is 0.378 e. The molecule has 0 aliphatic carbocycles. The molecule has 0 amide bonds. The Kier molecular flexibility index (Phi) is 4.22. The number of nitrogens with zero attached hydrogens (tertiary/aromatic N) is 6. The van der Waals surface area contributed by atoms with Crippen LogP contribution >= 0.6 is 0 Å². The van der Waals surface area contributed by atoms with Gasteiger partial charge in [-0.3, -0.25) is 0 Å². The van der Waals surface area contributed by atoms with Crippen molar-refractivity contribution in [3.63, 3.8) is 0 Å². The number of morpholine rings is 1. The van der Waals surface area contributed by atoms with E-state index in [1.165, 1.54) is 0 Å². The average Bonchev–Trinajstić information content (AvgIpc) is 3.40. The fraction of sp³-hybridized carbons (Fsp3) is 0.238. The smallest absolute Gasteiger partial charge is 0.202 e. The highest BCUT2D eigenvalue weighted by Crippen LogP contribution is 2.32. The molecule has 4 aromatic rings. The van der Waals surface area contributed by atoms with Gasteiger partial charge in [0.2, 0.25) is 6.20 Å². The number of hydrogen-bond donors (Lipinski definition) is 1. The molecule has 0 spiro atoms. The normalized spacial score (nSPS) is 14.3. The molecule has 1 aliphatic rings. The summed E-state index contributed by atoms with van der Waals surface area (Å²) in [6, 6.07) is 8.43. The second-order valence-electron chi connectivity index (χ2n) is 7.08. The molecular formula is C21H20N7O+. The van der Waals surface area contributed by atoms with Crippen LogP contribution in [0.5, 0.6) is 0 Å². The van der Waals surface area contributed by atoms with Crippen molar-refractivity contribution in [1.82, 2.24) is 19.7 Å². The van der Waals surface area contributed by atoms with Crippen LogP contribution in [0.15, 0.2) is 49.2 Å². The lowest BCUT2D eigenvalue weighted by Gasteiger charge is -2.27. The Hall–Kier alpha value is -3.70. The SMILES string of the molecule is C[n+]1cc(-c2cc(-c3ccc(N4CCOCC4)nc3)c3c(C#N)cnn3c2)c[nH]1. The standard InChI is InChI=1S/C21H19N7O/c1-26-13-18(12-24-26)16-8-19(21-17(9-22)11-25-28(21)14-16)15-2-3-20(23-10-15)27-4-6-29-7-5-27/h2-3,8,10-14H,4-7H2,1H3/p+1. The fourth-order valence-electron chi connectivity index (χ4n) is 3.72. The van der Waals surface area contributed by atoms with Crippen LogP contribution in [0.3, 0.4) is 0 Å². The number of hydrogen-bond acceptors (Lipinski definition) is 5. The Morgan fingerprint density at radius 3 is 2.72 bits per heavy atom. The van der Waals surface area contributed by atoms with Crippen molar-refractivity contribution in [3.8, 4) is 28.3 Å². The first-order valence-electron chi connectivity index (χ1n) is 9.48. The van der Waals surface area contributed by atoms with Gasteiger partial charge in [-0.15, -0.1) is 4.68 Å². The van der Waals surface area contributed by atoms with E-state index < -0.39 is 0 Å². The number of aromatic amines is 1. The highest BCUT2D eigenvalue weighted by atomic mass is 16.5. The molecule has 1 fully saturated rings. The molecule has 144 valence electrons. The first-order chi connectivity index (χ1) is 14.2. The first kappa shape index (κ1) is 17.4. The summed E-state index contributed by atoms with van der Waals surface area (Å²) in [5.74, 6) is 0.941. The molecule has 0 aromatic carbocycles. The van der Waals surface area contributed by atoms with E-state index in [9.17, 15) is 5.26 Å². The van der Waals surface area contributed by atoms with Gasteiger partial charge in [0.1, 0.15) is 11.9 Å². The summed E-state index contributed by atoms with van der Waals surface area (Å²) in [5.41, 5.74) is 5.27. The Balaban J connectivity index is 1.62. The maximum Gasteiger partial charge on any atom is 0.202 e. The summed E-state index contributed by atoms with van der Waals surface area (Å²) >= 11 is 0. The molecule has 8 heteroatoms. The number of pyridine rings is 2. The van der Waals surface area contributed by atoms with E-state index in [0.717, 1.165) is 59.9 Å². The molecule has 8 nitrogen and oxygen atoms in total. The molecule has 1 N–H and O–H groups in total. The number of rotatable bonds is 3. The summed E-state index contributed by atoms with van der Waals surface area (Å²) in [6.45, 7) is 3.14. The molecule has 0 bridgehead atoms. The minimum absolute atomic E-state index is 0.545. The number of aromatic nitrogens is 5. The predicted octanol–water partition coefficient (Wildman–Crippen LogP) is 1.92. The summed E-state index contributed by atoms with van der Waals surface area (Å²) in [4.78, 5) is 6.90. The van der Waals surface area contributed by atoms with E-state index in [2.05, 4.69) is 38.3 Å². The molecule has 0 saturated carbocycles. The van der Waals surface area contributed by atoms with E-state index in [1.807, 2.05) is 42.6 Å². The van der Waals surface area contributed by atoms with Crippen LogP contribution in [0.2, 0.25) is 0 Å². The molecule has 4 aromatic heterocycles. The molecule has 0 radical (unpaired) electrons. The zero-order chi connectivity index (χ0) is 19.8. The van der Waals surface area contributed by atoms with Crippen molar-refractivity contribution in [3.05, 3.63) is 54.7 Å². The highest BCUT2D eigenvalue weighted by molar-refractivity contribution is 5.87. The molecule has 0 atom stereocenters. The predicted molar refractivity (Wildman–Crippen MR) is 107 cm³/mol. The van der Waals surface area contributed by atoms with Crippen LogP contribution in [0.1, 0.15) is 5.56 Å². The van der Waals surface area contributed by atoms with Gasteiger partial charge < -0.3 is 9.64 Å². The molecule has 5 heterocycles. The molecular weight excluding hydrogens is 366 g/mol. The minimum Gasteiger partial charge on any atom is -0.378 e. The van der Waals surface area contributed by atoms with Crippen LogP contribution in [-0.2, 0) is 11.8 Å². The van der Waals surface area contributed by atoms with Gasteiger partial charge in [-0.05, 0) is 18.2 Å². The second-order valence-corrected chi connectivity index (χ2v) is 7.08. The van der Waals surface area contributed by atoms with E-state index in [0.29, 0.717) is 5.56 Å². The van der Waals surface area contributed by atoms with Gasteiger partial charge >= 0.3 is 0 Å².